The fraction of sp³-hybridized carbons (Fsp3) is 0. The van der Waals surface area contributed by atoms with Gasteiger partial charge in [0.05, 0.1) is 10.0 Å². The van der Waals surface area contributed by atoms with Gasteiger partial charge in [0.2, 0.25) is 0 Å². The number of rotatable bonds is 3. The molecule has 0 fully saturated rings. The van der Waals surface area contributed by atoms with E-state index in [1.807, 2.05) is 0 Å². The van der Waals surface area contributed by atoms with Gasteiger partial charge in [0.1, 0.15) is 21.7 Å². The maximum absolute atomic E-state index is 13.4. The number of anilines is 1. The molecule has 0 aliphatic rings. The first-order valence-electron chi connectivity index (χ1n) is 4.91. The number of hydrogen-bond acceptors (Lipinski definition) is 4. The van der Waals surface area contributed by atoms with Crippen molar-refractivity contribution in [3.05, 3.63) is 46.0 Å². The Labute approximate surface area is 118 Å². The zero-order valence-electron chi connectivity index (χ0n) is 9.22. The Morgan fingerprint density at radius 3 is 2.63 bits per heavy atom. The topological polar surface area (TPSA) is 70.0 Å². The lowest BCUT2D eigenvalue weighted by Gasteiger charge is -2.08. The Morgan fingerprint density at radius 1 is 1.32 bits per heavy atom. The minimum Gasteiger partial charge on any atom is -0.278 e. The van der Waals surface area contributed by atoms with Crippen molar-refractivity contribution in [2.24, 2.45) is 0 Å². The standard InChI is InChI=1S/C11H6ClFN2O2S2/c12-10-4-5-11(18-10)19(16,17)15-9-3-1-2-8(13)7(9)6-14/h1-5,15H. The van der Waals surface area contributed by atoms with E-state index in [0.717, 1.165) is 17.4 Å². The van der Waals surface area contributed by atoms with E-state index < -0.39 is 15.8 Å². The molecule has 19 heavy (non-hydrogen) atoms. The molecule has 0 spiro atoms. The highest BCUT2D eigenvalue weighted by molar-refractivity contribution is 7.94. The van der Waals surface area contributed by atoms with Crippen LogP contribution in [0.5, 0.6) is 0 Å². The number of halogens is 2. The summed E-state index contributed by atoms with van der Waals surface area (Å²) >= 11 is 6.54. The van der Waals surface area contributed by atoms with Gasteiger partial charge in [0, 0.05) is 0 Å². The molecule has 2 aromatic rings. The Bertz CT molecular complexity index is 765. The van der Waals surface area contributed by atoms with Crippen LogP contribution in [-0.2, 0) is 10.0 Å². The predicted molar refractivity (Wildman–Crippen MR) is 71.3 cm³/mol. The van der Waals surface area contributed by atoms with Crippen LogP contribution < -0.4 is 4.72 Å². The first-order valence-corrected chi connectivity index (χ1v) is 7.58. The number of hydrogen-bond donors (Lipinski definition) is 1. The molecule has 98 valence electrons. The van der Waals surface area contributed by atoms with E-state index in [1.165, 1.54) is 24.3 Å². The number of nitrogens with one attached hydrogen (secondary N) is 1. The zero-order chi connectivity index (χ0) is 14.0. The van der Waals surface area contributed by atoms with Crippen LogP contribution in [0.25, 0.3) is 0 Å². The molecule has 8 heteroatoms. The summed E-state index contributed by atoms with van der Waals surface area (Å²) in [6.45, 7) is 0. The molecule has 1 heterocycles. The van der Waals surface area contributed by atoms with Crippen molar-refractivity contribution < 1.29 is 12.8 Å². The van der Waals surface area contributed by atoms with Crippen LogP contribution in [0.15, 0.2) is 34.5 Å². The second-order valence-electron chi connectivity index (χ2n) is 3.44. The molecule has 0 saturated carbocycles. The Kier molecular flexibility index (Phi) is 3.75. The highest BCUT2D eigenvalue weighted by Gasteiger charge is 2.19. The van der Waals surface area contributed by atoms with E-state index in [4.69, 9.17) is 16.9 Å². The maximum atomic E-state index is 13.4. The van der Waals surface area contributed by atoms with E-state index in [1.54, 1.807) is 6.07 Å². The summed E-state index contributed by atoms with van der Waals surface area (Å²) in [7, 11) is -3.88. The van der Waals surface area contributed by atoms with Crippen molar-refractivity contribution in [1.82, 2.24) is 0 Å². The van der Waals surface area contributed by atoms with Crippen LogP contribution in [0, 0.1) is 17.1 Å². The fourth-order valence-corrected chi connectivity index (χ4v) is 3.91. The molecule has 0 atom stereocenters. The van der Waals surface area contributed by atoms with Gasteiger partial charge in [-0.3, -0.25) is 4.72 Å². The van der Waals surface area contributed by atoms with Crippen LogP contribution in [0.2, 0.25) is 4.34 Å². The second kappa shape index (κ2) is 5.17. The van der Waals surface area contributed by atoms with Crippen LogP contribution >= 0.6 is 22.9 Å². The van der Waals surface area contributed by atoms with Gasteiger partial charge in [0.15, 0.2) is 0 Å². The highest BCUT2D eigenvalue weighted by Crippen LogP contribution is 2.28. The van der Waals surface area contributed by atoms with Crippen molar-refractivity contribution in [1.29, 1.82) is 5.26 Å². The molecule has 1 aromatic carbocycles. The van der Waals surface area contributed by atoms with Gasteiger partial charge in [-0.05, 0) is 24.3 Å². The fourth-order valence-electron chi connectivity index (χ4n) is 1.36. The molecule has 0 aliphatic heterocycles. The zero-order valence-corrected chi connectivity index (χ0v) is 11.6. The Balaban J connectivity index is 2.42. The van der Waals surface area contributed by atoms with Gasteiger partial charge in [-0.15, -0.1) is 11.3 Å². The molecule has 2 rings (SSSR count). The summed E-state index contributed by atoms with van der Waals surface area (Å²) in [5.74, 6) is -0.785. The third-order valence-corrected chi connectivity index (χ3v) is 5.27. The summed E-state index contributed by atoms with van der Waals surface area (Å²) < 4.78 is 39.8. The molecule has 0 bridgehead atoms. The third-order valence-electron chi connectivity index (χ3n) is 2.18. The Hall–Kier alpha value is -1.62. The van der Waals surface area contributed by atoms with Crippen LogP contribution in [-0.4, -0.2) is 8.42 Å². The molecule has 4 nitrogen and oxygen atoms in total. The lowest BCUT2D eigenvalue weighted by atomic mass is 10.2. The number of benzene rings is 1. The van der Waals surface area contributed by atoms with Crippen molar-refractivity contribution in [3.63, 3.8) is 0 Å². The van der Waals surface area contributed by atoms with Gasteiger partial charge in [-0.1, -0.05) is 17.7 Å². The molecule has 0 aliphatic carbocycles. The molecular weight excluding hydrogens is 311 g/mol. The number of nitriles is 1. The minimum atomic E-state index is -3.88. The van der Waals surface area contributed by atoms with E-state index in [2.05, 4.69) is 4.72 Å². The summed E-state index contributed by atoms with van der Waals surface area (Å²) in [6, 6.07) is 8.11. The average Bonchev–Trinajstić information content (AvgIpc) is 2.76. The Morgan fingerprint density at radius 2 is 2.05 bits per heavy atom. The van der Waals surface area contributed by atoms with E-state index in [-0.39, 0.29) is 15.5 Å². The van der Waals surface area contributed by atoms with Crippen LogP contribution in [0.3, 0.4) is 0 Å². The van der Waals surface area contributed by atoms with Crippen molar-refractivity contribution in [2.75, 3.05) is 4.72 Å². The molecule has 0 amide bonds. The van der Waals surface area contributed by atoms with Gasteiger partial charge in [0.25, 0.3) is 10.0 Å². The van der Waals surface area contributed by atoms with Crippen LogP contribution in [0.4, 0.5) is 10.1 Å². The van der Waals surface area contributed by atoms with Gasteiger partial charge >= 0.3 is 0 Å². The molecule has 0 radical (unpaired) electrons. The molecule has 1 aromatic heterocycles. The largest absolute Gasteiger partial charge is 0.278 e. The quantitative estimate of drug-likeness (QED) is 0.945. The monoisotopic (exact) mass is 316 g/mol. The molecule has 0 unspecified atom stereocenters. The number of sulfonamides is 1. The van der Waals surface area contributed by atoms with E-state index >= 15 is 0 Å². The van der Waals surface area contributed by atoms with Gasteiger partial charge < -0.3 is 0 Å². The van der Waals surface area contributed by atoms with Crippen molar-refractivity contribution in [3.8, 4) is 6.07 Å². The lowest BCUT2D eigenvalue weighted by molar-refractivity contribution is 0.603. The normalized spacial score (nSPS) is 11.0. The average molecular weight is 317 g/mol. The molecule has 1 N–H and O–H groups in total. The summed E-state index contributed by atoms with van der Waals surface area (Å²) in [4.78, 5) is 0. The minimum absolute atomic E-state index is 0.00866. The van der Waals surface area contributed by atoms with E-state index in [0.29, 0.717) is 4.34 Å². The summed E-state index contributed by atoms with van der Waals surface area (Å²) in [5.41, 5.74) is -0.458. The van der Waals surface area contributed by atoms with Gasteiger partial charge in [-0.2, -0.15) is 5.26 Å². The highest BCUT2D eigenvalue weighted by atomic mass is 35.5. The molecule has 0 saturated heterocycles. The maximum Gasteiger partial charge on any atom is 0.271 e. The SMILES string of the molecule is N#Cc1c(F)cccc1NS(=O)(=O)c1ccc(Cl)s1. The summed E-state index contributed by atoms with van der Waals surface area (Å²) in [6.07, 6.45) is 0. The van der Waals surface area contributed by atoms with E-state index in [9.17, 15) is 12.8 Å². The van der Waals surface area contributed by atoms with Crippen LogP contribution in [0.1, 0.15) is 5.56 Å². The first kappa shape index (κ1) is 13.8. The third kappa shape index (κ3) is 2.87. The number of thiophene rings is 1. The van der Waals surface area contributed by atoms with Crippen molar-refractivity contribution in [2.45, 2.75) is 4.21 Å². The van der Waals surface area contributed by atoms with Crippen molar-refractivity contribution >= 4 is 38.6 Å². The second-order valence-corrected chi connectivity index (χ2v) is 7.06. The number of nitrogens with zero attached hydrogens (tertiary/aromatic N) is 1. The summed E-state index contributed by atoms with van der Waals surface area (Å²) in [5, 5.41) is 8.83. The van der Waals surface area contributed by atoms with Gasteiger partial charge in [-0.25, -0.2) is 12.8 Å². The lowest BCUT2D eigenvalue weighted by Crippen LogP contribution is -2.12. The predicted octanol–water partition coefficient (Wildman–Crippen LogP) is 3.21. The molecular formula is C11H6ClFN2O2S2. The smallest absolute Gasteiger partial charge is 0.271 e. The first-order chi connectivity index (χ1) is 8.94.